The fourth-order valence-corrected chi connectivity index (χ4v) is 5.75. The first-order valence-electron chi connectivity index (χ1n) is 4.68. The van der Waals surface area contributed by atoms with Gasteiger partial charge in [-0.3, -0.25) is 0 Å². The zero-order chi connectivity index (χ0) is 10.9. The van der Waals surface area contributed by atoms with Crippen LogP contribution in [0.2, 0.25) is 0 Å². The quantitative estimate of drug-likeness (QED) is 0.505. The summed E-state index contributed by atoms with van der Waals surface area (Å²) in [4.78, 5) is 2.97. The van der Waals surface area contributed by atoms with Gasteiger partial charge in [-0.1, -0.05) is 0 Å². The molecule has 86 valence electrons. The van der Waals surface area contributed by atoms with Crippen molar-refractivity contribution < 1.29 is 0 Å². The Morgan fingerprint density at radius 2 is 1.33 bits per heavy atom. The lowest BCUT2D eigenvalue weighted by atomic mass is 10.7. The molecule has 0 aliphatic rings. The molecular weight excluding hydrogens is 280 g/mol. The second-order valence-corrected chi connectivity index (χ2v) is 7.77. The smallest absolute Gasteiger partial charge is 0.0315 e. The molecule has 0 radical (unpaired) electrons. The van der Waals surface area contributed by atoms with Gasteiger partial charge in [-0.2, -0.15) is 34.9 Å². The molecule has 1 aromatic rings. The standard InChI is InChI=1S/C10H16S5/c1-11-3-5-14-9-7-13-8-10(9)15-6-4-12-2/h7-8H,3-6H2,1-2H3. The minimum atomic E-state index is 1.23. The minimum Gasteiger partial charge on any atom is -0.165 e. The van der Waals surface area contributed by atoms with E-state index in [4.69, 9.17) is 0 Å². The van der Waals surface area contributed by atoms with Gasteiger partial charge in [-0.25, -0.2) is 0 Å². The van der Waals surface area contributed by atoms with Crippen LogP contribution in [0, 0.1) is 0 Å². The lowest BCUT2D eigenvalue weighted by Gasteiger charge is -2.02. The first-order valence-corrected chi connectivity index (χ1v) is 10.4. The Bertz CT molecular complexity index is 234. The molecule has 0 amide bonds. The molecule has 0 N–H and O–H groups in total. The first-order chi connectivity index (χ1) is 7.38. The van der Waals surface area contributed by atoms with Crippen LogP contribution in [0.1, 0.15) is 0 Å². The Hall–Kier alpha value is 1.10. The van der Waals surface area contributed by atoms with E-state index < -0.39 is 0 Å². The summed E-state index contributed by atoms with van der Waals surface area (Å²) in [6.45, 7) is 0. The molecule has 0 unspecified atom stereocenters. The van der Waals surface area contributed by atoms with E-state index in [0.717, 1.165) is 0 Å². The summed E-state index contributed by atoms with van der Waals surface area (Å²) >= 11 is 9.67. The summed E-state index contributed by atoms with van der Waals surface area (Å²) in [5, 5.41) is 4.57. The molecule has 15 heavy (non-hydrogen) atoms. The second kappa shape index (κ2) is 9.16. The van der Waals surface area contributed by atoms with Crippen molar-refractivity contribution >= 4 is 58.4 Å². The van der Waals surface area contributed by atoms with Crippen LogP contribution in [0.5, 0.6) is 0 Å². The molecule has 0 fully saturated rings. The van der Waals surface area contributed by atoms with E-state index in [1.807, 2.05) is 58.4 Å². The van der Waals surface area contributed by atoms with Crippen LogP contribution in [0.3, 0.4) is 0 Å². The van der Waals surface area contributed by atoms with E-state index in [1.165, 1.54) is 32.8 Å². The highest BCUT2D eigenvalue weighted by Crippen LogP contribution is 2.34. The van der Waals surface area contributed by atoms with Crippen LogP contribution in [0.15, 0.2) is 20.6 Å². The molecular formula is C10H16S5. The molecule has 0 aromatic carbocycles. The Labute approximate surface area is 114 Å². The van der Waals surface area contributed by atoms with Gasteiger partial charge < -0.3 is 0 Å². The molecule has 0 saturated heterocycles. The Kier molecular flexibility index (Phi) is 8.65. The predicted octanol–water partition coefficient (Wildman–Crippen LogP) is 4.66. The van der Waals surface area contributed by atoms with Crippen molar-refractivity contribution in [1.82, 2.24) is 0 Å². The summed E-state index contributed by atoms with van der Waals surface area (Å²) in [6, 6.07) is 0. The van der Waals surface area contributed by atoms with E-state index in [9.17, 15) is 0 Å². The van der Waals surface area contributed by atoms with Crippen molar-refractivity contribution in [3.8, 4) is 0 Å². The third kappa shape index (κ3) is 5.82. The Balaban J connectivity index is 2.32. The molecule has 0 atom stereocenters. The third-order valence-corrected chi connectivity index (χ3v) is 6.71. The van der Waals surface area contributed by atoms with Crippen molar-refractivity contribution in [1.29, 1.82) is 0 Å². The molecule has 0 aliphatic heterocycles. The van der Waals surface area contributed by atoms with E-state index in [0.29, 0.717) is 0 Å². The van der Waals surface area contributed by atoms with Gasteiger partial charge in [0.1, 0.15) is 0 Å². The van der Waals surface area contributed by atoms with Crippen LogP contribution in [0.25, 0.3) is 0 Å². The topological polar surface area (TPSA) is 0 Å². The normalized spacial score (nSPS) is 10.8. The van der Waals surface area contributed by atoms with Crippen LogP contribution in [0.4, 0.5) is 0 Å². The van der Waals surface area contributed by atoms with Crippen molar-refractivity contribution in [3.05, 3.63) is 10.8 Å². The molecule has 5 heteroatoms. The average molecular weight is 297 g/mol. The first kappa shape index (κ1) is 14.2. The maximum Gasteiger partial charge on any atom is 0.0315 e. The van der Waals surface area contributed by atoms with Gasteiger partial charge in [0, 0.05) is 43.6 Å². The molecule has 1 rings (SSSR count). The van der Waals surface area contributed by atoms with Gasteiger partial charge in [0.05, 0.1) is 0 Å². The maximum atomic E-state index is 2.28. The average Bonchev–Trinajstić information content (AvgIpc) is 2.67. The highest BCUT2D eigenvalue weighted by Gasteiger charge is 2.04. The number of thiophene rings is 1. The monoisotopic (exact) mass is 296 g/mol. The summed E-state index contributed by atoms with van der Waals surface area (Å²) in [5.74, 6) is 4.95. The third-order valence-electron chi connectivity index (χ3n) is 1.68. The van der Waals surface area contributed by atoms with Gasteiger partial charge >= 0.3 is 0 Å². The van der Waals surface area contributed by atoms with E-state index >= 15 is 0 Å². The van der Waals surface area contributed by atoms with Crippen LogP contribution < -0.4 is 0 Å². The van der Waals surface area contributed by atoms with E-state index in [1.54, 1.807) is 0 Å². The zero-order valence-corrected chi connectivity index (χ0v) is 13.1. The SMILES string of the molecule is CSCCSc1cscc1SCCSC. The minimum absolute atomic E-state index is 1.23. The molecule has 0 bridgehead atoms. The summed E-state index contributed by atoms with van der Waals surface area (Å²) in [6.07, 6.45) is 4.34. The highest BCUT2D eigenvalue weighted by molar-refractivity contribution is 8.04. The summed E-state index contributed by atoms with van der Waals surface area (Å²) in [7, 11) is 0. The molecule has 1 heterocycles. The highest BCUT2D eigenvalue weighted by atomic mass is 32.2. The van der Waals surface area contributed by atoms with Crippen LogP contribution in [-0.2, 0) is 0 Å². The van der Waals surface area contributed by atoms with Gasteiger partial charge in [0.2, 0.25) is 0 Å². The molecule has 0 saturated carbocycles. The summed E-state index contributed by atoms with van der Waals surface area (Å²) in [5.41, 5.74) is 0. The predicted molar refractivity (Wildman–Crippen MR) is 82.5 cm³/mol. The van der Waals surface area contributed by atoms with Crippen molar-refractivity contribution in [2.45, 2.75) is 9.79 Å². The largest absolute Gasteiger partial charge is 0.165 e. The van der Waals surface area contributed by atoms with Gasteiger partial charge in [-0.15, -0.1) is 23.5 Å². The number of hydrogen-bond acceptors (Lipinski definition) is 5. The number of hydrogen-bond donors (Lipinski definition) is 0. The van der Waals surface area contributed by atoms with Gasteiger partial charge in [-0.05, 0) is 12.5 Å². The number of rotatable bonds is 8. The van der Waals surface area contributed by atoms with Gasteiger partial charge in [0.25, 0.3) is 0 Å². The van der Waals surface area contributed by atoms with Gasteiger partial charge in [0.15, 0.2) is 0 Å². The Morgan fingerprint density at radius 3 is 1.73 bits per heavy atom. The molecule has 0 spiro atoms. The van der Waals surface area contributed by atoms with E-state index in [2.05, 4.69) is 23.3 Å². The maximum absolute atomic E-state index is 2.28. The molecule has 0 nitrogen and oxygen atoms in total. The lowest BCUT2D eigenvalue weighted by Crippen LogP contribution is -1.84. The van der Waals surface area contributed by atoms with Crippen LogP contribution in [-0.4, -0.2) is 35.5 Å². The molecule has 0 aliphatic carbocycles. The van der Waals surface area contributed by atoms with Crippen molar-refractivity contribution in [2.24, 2.45) is 0 Å². The lowest BCUT2D eigenvalue weighted by molar-refractivity contribution is 1.32. The van der Waals surface area contributed by atoms with Crippen molar-refractivity contribution in [2.75, 3.05) is 35.5 Å². The van der Waals surface area contributed by atoms with Crippen LogP contribution >= 0.6 is 58.4 Å². The van der Waals surface area contributed by atoms with Crippen molar-refractivity contribution in [3.63, 3.8) is 0 Å². The fourth-order valence-electron chi connectivity index (χ4n) is 0.954. The fraction of sp³-hybridized carbons (Fsp3) is 0.600. The zero-order valence-electron chi connectivity index (χ0n) is 9.02. The number of thioether (sulfide) groups is 4. The summed E-state index contributed by atoms with van der Waals surface area (Å²) < 4.78 is 0. The Morgan fingerprint density at radius 1 is 0.867 bits per heavy atom. The van der Waals surface area contributed by atoms with E-state index in [-0.39, 0.29) is 0 Å². The second-order valence-electron chi connectivity index (χ2n) is 2.78. The molecule has 1 aromatic heterocycles.